The summed E-state index contributed by atoms with van der Waals surface area (Å²) in [7, 11) is 0. The number of carbonyl (C=O) groups is 1. The topological polar surface area (TPSA) is 63.1 Å². The molecule has 6 heteroatoms. The lowest BCUT2D eigenvalue weighted by atomic mass is 10.1. The summed E-state index contributed by atoms with van der Waals surface area (Å²) in [6.45, 7) is 11.1. The minimum absolute atomic E-state index is 0.0308. The molecule has 0 aromatic carbocycles. The highest BCUT2D eigenvalue weighted by molar-refractivity contribution is 6.05. The molecule has 1 aliphatic heterocycles. The van der Waals surface area contributed by atoms with Gasteiger partial charge >= 0.3 is 0 Å². The molecule has 0 radical (unpaired) electrons. The summed E-state index contributed by atoms with van der Waals surface area (Å²) in [5.41, 5.74) is 2.29. The van der Waals surface area contributed by atoms with Gasteiger partial charge in [-0.2, -0.15) is 5.10 Å². The zero-order valence-corrected chi connectivity index (χ0v) is 15.0. The number of likely N-dealkylation sites (tertiary alicyclic amines) is 1. The minimum Gasteiger partial charge on any atom is -0.350 e. The number of likely N-dealkylation sites (N-methyl/N-ethyl adjacent to an activating group) is 1. The van der Waals surface area contributed by atoms with Gasteiger partial charge in [-0.15, -0.1) is 0 Å². The quantitative estimate of drug-likeness (QED) is 0.915. The van der Waals surface area contributed by atoms with E-state index in [9.17, 15) is 4.79 Å². The molecule has 0 unspecified atom stereocenters. The van der Waals surface area contributed by atoms with E-state index >= 15 is 0 Å². The number of hydrogen-bond donors (Lipinski definition) is 1. The number of nitrogens with one attached hydrogen (secondary N) is 1. The van der Waals surface area contributed by atoms with Crippen molar-refractivity contribution in [2.45, 2.75) is 52.6 Å². The number of aryl methyl sites for hydroxylation is 1. The number of aromatic nitrogens is 3. The highest BCUT2D eigenvalue weighted by atomic mass is 16.1. The molecule has 3 rings (SSSR count). The van der Waals surface area contributed by atoms with Crippen LogP contribution in [0.1, 0.15) is 55.7 Å². The van der Waals surface area contributed by atoms with Crippen LogP contribution in [0.5, 0.6) is 0 Å². The van der Waals surface area contributed by atoms with Crippen molar-refractivity contribution in [2.75, 3.05) is 19.6 Å². The molecule has 0 spiro atoms. The van der Waals surface area contributed by atoms with Crippen molar-refractivity contribution in [3.8, 4) is 0 Å². The Morgan fingerprint density at radius 1 is 1.46 bits per heavy atom. The fraction of sp³-hybridized carbons (Fsp3) is 0.611. The van der Waals surface area contributed by atoms with E-state index in [2.05, 4.69) is 41.1 Å². The summed E-state index contributed by atoms with van der Waals surface area (Å²) < 4.78 is 1.87. The molecule has 1 aliphatic rings. The number of rotatable bonds is 5. The summed E-state index contributed by atoms with van der Waals surface area (Å²) in [6.07, 6.45) is 4.13. The van der Waals surface area contributed by atoms with Crippen LogP contribution in [0.2, 0.25) is 0 Å². The Balaban J connectivity index is 1.82. The van der Waals surface area contributed by atoms with Crippen molar-refractivity contribution < 1.29 is 4.79 Å². The van der Waals surface area contributed by atoms with Gasteiger partial charge in [0.25, 0.3) is 5.91 Å². The van der Waals surface area contributed by atoms with Gasteiger partial charge in [0.05, 0.1) is 17.1 Å². The van der Waals surface area contributed by atoms with E-state index in [0.717, 1.165) is 36.2 Å². The first-order valence-electron chi connectivity index (χ1n) is 8.88. The van der Waals surface area contributed by atoms with E-state index in [1.54, 1.807) is 6.20 Å². The van der Waals surface area contributed by atoms with E-state index in [1.165, 1.54) is 6.42 Å². The lowest BCUT2D eigenvalue weighted by Gasteiger charge is -2.23. The predicted molar refractivity (Wildman–Crippen MR) is 95.3 cm³/mol. The van der Waals surface area contributed by atoms with E-state index in [0.29, 0.717) is 18.2 Å². The third-order valence-corrected chi connectivity index (χ3v) is 4.83. The van der Waals surface area contributed by atoms with Gasteiger partial charge < -0.3 is 5.32 Å². The van der Waals surface area contributed by atoms with Crippen molar-refractivity contribution in [2.24, 2.45) is 0 Å². The van der Waals surface area contributed by atoms with Gasteiger partial charge in [0, 0.05) is 24.3 Å². The monoisotopic (exact) mass is 329 g/mol. The molecule has 24 heavy (non-hydrogen) atoms. The number of pyridine rings is 1. The van der Waals surface area contributed by atoms with Crippen molar-refractivity contribution in [1.29, 1.82) is 0 Å². The Hall–Kier alpha value is -1.95. The highest BCUT2D eigenvalue weighted by Crippen LogP contribution is 2.21. The fourth-order valence-corrected chi connectivity index (χ4v) is 3.56. The molecular formula is C18H27N5O. The van der Waals surface area contributed by atoms with E-state index < -0.39 is 0 Å². The van der Waals surface area contributed by atoms with Crippen LogP contribution in [0.4, 0.5) is 0 Å². The average molecular weight is 329 g/mol. The molecule has 6 nitrogen and oxygen atoms in total. The van der Waals surface area contributed by atoms with Crippen molar-refractivity contribution in [3.63, 3.8) is 0 Å². The lowest BCUT2D eigenvalue weighted by molar-refractivity contribution is 0.0943. The molecule has 0 bridgehead atoms. The molecule has 2 aromatic rings. The molecule has 1 fully saturated rings. The molecule has 1 saturated heterocycles. The van der Waals surface area contributed by atoms with Gasteiger partial charge in [0.15, 0.2) is 5.65 Å². The Kier molecular flexibility index (Phi) is 4.85. The Labute approximate surface area is 143 Å². The maximum atomic E-state index is 12.7. The van der Waals surface area contributed by atoms with Gasteiger partial charge in [-0.3, -0.25) is 9.69 Å². The third-order valence-electron chi connectivity index (χ3n) is 4.83. The van der Waals surface area contributed by atoms with Gasteiger partial charge in [-0.25, -0.2) is 9.67 Å². The summed E-state index contributed by atoms with van der Waals surface area (Å²) >= 11 is 0. The Bertz CT molecular complexity index is 736. The Morgan fingerprint density at radius 3 is 2.96 bits per heavy atom. The van der Waals surface area contributed by atoms with Crippen LogP contribution in [0, 0.1) is 6.92 Å². The van der Waals surface area contributed by atoms with Crippen LogP contribution in [0.25, 0.3) is 11.0 Å². The summed E-state index contributed by atoms with van der Waals surface area (Å²) in [4.78, 5) is 19.8. The van der Waals surface area contributed by atoms with Gasteiger partial charge in [-0.05, 0) is 52.8 Å². The molecule has 0 aliphatic carbocycles. The standard InChI is InChI=1S/C18H27N5O/c1-5-22-8-6-7-14(22)10-19-18(24)15-9-13(4)21-17-16(15)11-20-23(17)12(2)3/h9,11-12,14H,5-8,10H2,1-4H3,(H,19,24)/t14-/m0/s1. The number of amides is 1. The lowest BCUT2D eigenvalue weighted by Crippen LogP contribution is -2.40. The summed E-state index contributed by atoms with van der Waals surface area (Å²) in [5, 5.41) is 8.35. The SMILES string of the molecule is CCN1CCC[C@H]1CNC(=O)c1cc(C)nc2c1cnn2C(C)C. The largest absolute Gasteiger partial charge is 0.350 e. The van der Waals surface area contributed by atoms with Crippen LogP contribution in [0.15, 0.2) is 12.3 Å². The molecule has 3 heterocycles. The zero-order valence-electron chi connectivity index (χ0n) is 15.0. The smallest absolute Gasteiger partial charge is 0.252 e. The molecule has 1 atom stereocenters. The number of fused-ring (bicyclic) bond motifs is 1. The second-order valence-electron chi connectivity index (χ2n) is 6.87. The zero-order chi connectivity index (χ0) is 17.3. The molecular weight excluding hydrogens is 302 g/mol. The van der Waals surface area contributed by atoms with E-state index in [1.807, 2.05) is 17.7 Å². The first-order chi connectivity index (χ1) is 11.5. The van der Waals surface area contributed by atoms with Gasteiger partial charge in [0.1, 0.15) is 0 Å². The van der Waals surface area contributed by atoms with Crippen molar-refractivity contribution in [1.82, 2.24) is 25.0 Å². The number of nitrogens with zero attached hydrogens (tertiary/aromatic N) is 4. The summed E-state index contributed by atoms with van der Waals surface area (Å²) in [5.74, 6) is -0.0308. The second-order valence-corrected chi connectivity index (χ2v) is 6.87. The van der Waals surface area contributed by atoms with Crippen LogP contribution in [0.3, 0.4) is 0 Å². The van der Waals surface area contributed by atoms with Crippen LogP contribution >= 0.6 is 0 Å². The number of carbonyl (C=O) groups excluding carboxylic acids is 1. The average Bonchev–Trinajstić information content (AvgIpc) is 3.17. The fourth-order valence-electron chi connectivity index (χ4n) is 3.56. The summed E-state index contributed by atoms with van der Waals surface area (Å²) in [6, 6.07) is 2.52. The first kappa shape index (κ1) is 16.9. The minimum atomic E-state index is -0.0308. The maximum Gasteiger partial charge on any atom is 0.252 e. The molecule has 130 valence electrons. The third kappa shape index (κ3) is 3.15. The van der Waals surface area contributed by atoms with E-state index in [-0.39, 0.29) is 11.9 Å². The van der Waals surface area contributed by atoms with Crippen molar-refractivity contribution >= 4 is 16.9 Å². The molecule has 1 N–H and O–H groups in total. The normalized spacial score (nSPS) is 18.6. The highest BCUT2D eigenvalue weighted by Gasteiger charge is 2.24. The van der Waals surface area contributed by atoms with Gasteiger partial charge in [0.2, 0.25) is 0 Å². The van der Waals surface area contributed by atoms with E-state index in [4.69, 9.17) is 0 Å². The second kappa shape index (κ2) is 6.89. The first-order valence-corrected chi connectivity index (χ1v) is 8.88. The maximum absolute atomic E-state index is 12.7. The molecule has 0 saturated carbocycles. The molecule has 2 aromatic heterocycles. The van der Waals surface area contributed by atoms with Crippen molar-refractivity contribution in [3.05, 3.63) is 23.5 Å². The Morgan fingerprint density at radius 2 is 2.25 bits per heavy atom. The molecule has 1 amide bonds. The van der Waals surface area contributed by atoms with Crippen LogP contribution in [-0.4, -0.2) is 51.2 Å². The van der Waals surface area contributed by atoms with Gasteiger partial charge in [-0.1, -0.05) is 6.92 Å². The predicted octanol–water partition coefficient (Wildman–Crippen LogP) is 2.53. The number of hydrogen-bond acceptors (Lipinski definition) is 4. The van der Waals surface area contributed by atoms with Crippen LogP contribution in [-0.2, 0) is 0 Å². The van der Waals surface area contributed by atoms with Crippen LogP contribution < -0.4 is 5.32 Å².